The molecule has 132 valence electrons. The van der Waals surface area contributed by atoms with Gasteiger partial charge in [0.25, 0.3) is 5.91 Å². The molecule has 1 aromatic carbocycles. The fraction of sp³-hybridized carbons (Fsp3) is 0.250. The van der Waals surface area contributed by atoms with Crippen LogP contribution in [0.3, 0.4) is 0 Å². The predicted octanol–water partition coefficient (Wildman–Crippen LogP) is 3.79. The zero-order valence-electron chi connectivity index (χ0n) is 14.2. The maximum absolute atomic E-state index is 12.7. The summed E-state index contributed by atoms with van der Waals surface area (Å²) in [7, 11) is 0. The Morgan fingerprint density at radius 2 is 1.92 bits per heavy atom. The van der Waals surface area contributed by atoms with E-state index in [-0.39, 0.29) is 17.7 Å². The van der Waals surface area contributed by atoms with E-state index in [1.165, 1.54) is 11.3 Å². The van der Waals surface area contributed by atoms with Gasteiger partial charge in [-0.1, -0.05) is 12.1 Å². The number of hydrogen-bond acceptors (Lipinski definition) is 4. The number of rotatable bonds is 3. The molecule has 2 amide bonds. The summed E-state index contributed by atoms with van der Waals surface area (Å²) < 4.78 is 0. The molecule has 6 heteroatoms. The maximum atomic E-state index is 12.7. The number of carbonyl (C=O) groups is 2. The molecule has 0 bridgehead atoms. The smallest absolute Gasteiger partial charge is 0.263 e. The highest BCUT2D eigenvalue weighted by molar-refractivity contribution is 7.12. The minimum absolute atomic E-state index is 0.0181. The molecule has 1 saturated heterocycles. The molecule has 3 heterocycles. The van der Waals surface area contributed by atoms with Gasteiger partial charge < -0.3 is 10.2 Å². The van der Waals surface area contributed by atoms with Gasteiger partial charge in [0.05, 0.1) is 16.1 Å². The van der Waals surface area contributed by atoms with E-state index in [9.17, 15) is 9.59 Å². The Labute approximate surface area is 155 Å². The fourth-order valence-electron chi connectivity index (χ4n) is 3.35. The number of fused-ring (bicyclic) bond motifs is 1. The molecule has 0 atom stereocenters. The number of hydrogen-bond donors (Lipinski definition) is 1. The van der Waals surface area contributed by atoms with E-state index < -0.39 is 0 Å². The lowest BCUT2D eigenvalue weighted by molar-refractivity contribution is -0.121. The van der Waals surface area contributed by atoms with Crippen molar-refractivity contribution in [3.63, 3.8) is 0 Å². The number of pyridine rings is 1. The van der Waals surface area contributed by atoms with Gasteiger partial charge >= 0.3 is 0 Å². The van der Waals surface area contributed by atoms with Crippen LogP contribution in [0.1, 0.15) is 22.5 Å². The van der Waals surface area contributed by atoms with E-state index in [2.05, 4.69) is 10.3 Å². The highest BCUT2D eigenvalue weighted by Crippen LogP contribution is 2.25. The molecule has 1 aliphatic rings. The first-order valence-electron chi connectivity index (χ1n) is 8.70. The van der Waals surface area contributed by atoms with Crippen molar-refractivity contribution in [1.29, 1.82) is 0 Å². The number of anilines is 1. The lowest BCUT2D eigenvalue weighted by atomic mass is 9.95. The van der Waals surface area contributed by atoms with Gasteiger partial charge in [0.1, 0.15) is 0 Å². The van der Waals surface area contributed by atoms with Crippen molar-refractivity contribution in [3.8, 4) is 0 Å². The summed E-state index contributed by atoms with van der Waals surface area (Å²) in [4.78, 5) is 32.0. The van der Waals surface area contributed by atoms with Crippen LogP contribution in [0.15, 0.2) is 54.0 Å². The molecule has 0 aliphatic carbocycles. The second-order valence-corrected chi connectivity index (χ2v) is 7.36. The van der Waals surface area contributed by atoms with Crippen molar-refractivity contribution in [1.82, 2.24) is 9.88 Å². The number of nitrogens with zero attached hydrogens (tertiary/aromatic N) is 2. The van der Waals surface area contributed by atoms with Crippen LogP contribution in [0.25, 0.3) is 10.9 Å². The summed E-state index contributed by atoms with van der Waals surface area (Å²) in [5.41, 5.74) is 1.65. The molecular formula is C20H19N3O2S. The monoisotopic (exact) mass is 365 g/mol. The van der Waals surface area contributed by atoms with Gasteiger partial charge in [-0.3, -0.25) is 14.6 Å². The maximum Gasteiger partial charge on any atom is 0.263 e. The van der Waals surface area contributed by atoms with Crippen LogP contribution in [0, 0.1) is 5.92 Å². The van der Waals surface area contributed by atoms with Crippen molar-refractivity contribution in [2.75, 3.05) is 18.4 Å². The highest BCUT2D eigenvalue weighted by Gasteiger charge is 2.28. The Morgan fingerprint density at radius 1 is 1.08 bits per heavy atom. The Bertz CT molecular complexity index is 926. The summed E-state index contributed by atoms with van der Waals surface area (Å²) in [6.45, 7) is 1.23. The largest absolute Gasteiger partial charge is 0.338 e. The quantitative estimate of drug-likeness (QED) is 0.768. The Hall–Kier alpha value is -2.73. The zero-order valence-corrected chi connectivity index (χ0v) is 15.0. The molecule has 3 aromatic rings. The molecule has 0 radical (unpaired) electrons. The van der Waals surface area contributed by atoms with Gasteiger partial charge in [0.2, 0.25) is 5.91 Å². The number of aromatic nitrogens is 1. The second kappa shape index (κ2) is 7.25. The second-order valence-electron chi connectivity index (χ2n) is 6.41. The van der Waals surface area contributed by atoms with Crippen LogP contribution >= 0.6 is 11.3 Å². The number of thiophene rings is 1. The van der Waals surface area contributed by atoms with Crippen molar-refractivity contribution in [2.24, 2.45) is 5.92 Å². The van der Waals surface area contributed by atoms with E-state index >= 15 is 0 Å². The van der Waals surface area contributed by atoms with Crippen molar-refractivity contribution >= 4 is 39.7 Å². The van der Waals surface area contributed by atoms with Gasteiger partial charge in [-0.05, 0) is 48.6 Å². The highest BCUT2D eigenvalue weighted by atomic mass is 32.1. The van der Waals surface area contributed by atoms with E-state index in [4.69, 9.17) is 0 Å². The van der Waals surface area contributed by atoms with E-state index in [1.54, 1.807) is 6.20 Å². The van der Waals surface area contributed by atoms with Crippen LogP contribution in [-0.2, 0) is 4.79 Å². The van der Waals surface area contributed by atoms with Crippen molar-refractivity contribution in [3.05, 3.63) is 58.9 Å². The molecule has 1 aliphatic heterocycles. The van der Waals surface area contributed by atoms with Crippen LogP contribution in [0.2, 0.25) is 0 Å². The van der Waals surface area contributed by atoms with Crippen LogP contribution in [0.5, 0.6) is 0 Å². The molecule has 0 unspecified atom stereocenters. The van der Waals surface area contributed by atoms with E-state index in [1.807, 2.05) is 52.7 Å². The van der Waals surface area contributed by atoms with Crippen LogP contribution < -0.4 is 5.32 Å². The number of amides is 2. The molecule has 4 rings (SSSR count). The molecule has 5 nitrogen and oxygen atoms in total. The normalized spacial score (nSPS) is 15.2. The molecular weight excluding hydrogens is 346 g/mol. The molecule has 1 fully saturated rings. The average Bonchev–Trinajstić information content (AvgIpc) is 3.23. The third kappa shape index (κ3) is 3.32. The van der Waals surface area contributed by atoms with Crippen molar-refractivity contribution in [2.45, 2.75) is 12.8 Å². The Morgan fingerprint density at radius 3 is 2.69 bits per heavy atom. The summed E-state index contributed by atoms with van der Waals surface area (Å²) in [5.74, 6) is 0.0119. The molecule has 0 saturated carbocycles. The van der Waals surface area contributed by atoms with Gasteiger partial charge in [0, 0.05) is 30.6 Å². The first-order chi connectivity index (χ1) is 12.7. The standard InChI is InChI=1S/C20H19N3O2S/c24-19(22-17-6-1-5-16-15(17)4-2-10-21-16)14-8-11-23(12-9-14)20(25)18-7-3-13-26-18/h1-7,10,13-14H,8-9,11-12H2,(H,22,24). The zero-order chi connectivity index (χ0) is 17.9. The van der Waals surface area contributed by atoms with Gasteiger partial charge in [-0.15, -0.1) is 11.3 Å². The summed E-state index contributed by atoms with van der Waals surface area (Å²) >= 11 is 1.46. The molecule has 2 aromatic heterocycles. The first kappa shape index (κ1) is 16.7. The minimum atomic E-state index is -0.0747. The topological polar surface area (TPSA) is 62.3 Å². The van der Waals surface area contributed by atoms with E-state index in [0.717, 1.165) is 21.5 Å². The van der Waals surface area contributed by atoms with Crippen LogP contribution in [-0.4, -0.2) is 34.8 Å². The fourth-order valence-corrected chi connectivity index (χ4v) is 4.04. The number of carbonyl (C=O) groups excluding carboxylic acids is 2. The number of piperidine rings is 1. The van der Waals surface area contributed by atoms with Gasteiger partial charge in [0.15, 0.2) is 0 Å². The Kier molecular flexibility index (Phi) is 4.67. The number of likely N-dealkylation sites (tertiary alicyclic amines) is 1. The summed E-state index contributed by atoms with van der Waals surface area (Å²) in [6, 6.07) is 13.3. The van der Waals surface area contributed by atoms with E-state index in [0.29, 0.717) is 25.9 Å². The SMILES string of the molecule is O=C(Nc1cccc2ncccc12)C1CCN(C(=O)c2cccs2)CC1. The predicted molar refractivity (Wildman–Crippen MR) is 103 cm³/mol. The first-order valence-corrected chi connectivity index (χ1v) is 9.58. The minimum Gasteiger partial charge on any atom is -0.338 e. The molecule has 26 heavy (non-hydrogen) atoms. The number of benzene rings is 1. The third-order valence-electron chi connectivity index (χ3n) is 4.79. The Balaban J connectivity index is 1.40. The third-order valence-corrected chi connectivity index (χ3v) is 5.65. The lowest BCUT2D eigenvalue weighted by Gasteiger charge is -2.31. The van der Waals surface area contributed by atoms with Crippen LogP contribution in [0.4, 0.5) is 5.69 Å². The number of nitrogens with one attached hydrogen (secondary N) is 1. The average molecular weight is 365 g/mol. The lowest BCUT2D eigenvalue weighted by Crippen LogP contribution is -2.41. The summed E-state index contributed by atoms with van der Waals surface area (Å²) in [6.07, 6.45) is 3.12. The molecule has 0 spiro atoms. The van der Waals surface area contributed by atoms with Gasteiger partial charge in [-0.25, -0.2) is 0 Å². The molecule has 1 N–H and O–H groups in total. The van der Waals surface area contributed by atoms with Crippen molar-refractivity contribution < 1.29 is 9.59 Å². The summed E-state index contributed by atoms with van der Waals surface area (Å²) in [5, 5.41) is 5.89. The van der Waals surface area contributed by atoms with Gasteiger partial charge in [-0.2, -0.15) is 0 Å².